The number of halogens is 1. The zero-order valence-corrected chi connectivity index (χ0v) is 13.1. The van der Waals surface area contributed by atoms with Crippen LogP contribution in [0.15, 0.2) is 48.5 Å². The number of amides is 2. The van der Waals surface area contributed by atoms with E-state index in [-0.39, 0.29) is 30.6 Å². The molecule has 5 nitrogen and oxygen atoms in total. The van der Waals surface area contributed by atoms with Gasteiger partial charge in [-0.3, -0.25) is 9.59 Å². The summed E-state index contributed by atoms with van der Waals surface area (Å²) in [5.41, 5.74) is 1.49. The Labute approximate surface area is 139 Å². The number of rotatable bonds is 5. The predicted octanol–water partition coefficient (Wildman–Crippen LogP) is 3.08. The molecule has 2 aromatic rings. The number of benzene rings is 2. The Balaban J connectivity index is 2.00. The molecule has 122 valence electrons. The second-order valence-corrected chi connectivity index (χ2v) is 5.14. The number of carbonyl (C=O) groups is 2. The van der Waals surface area contributed by atoms with Gasteiger partial charge in [0.1, 0.15) is 5.82 Å². The lowest BCUT2D eigenvalue weighted by atomic mass is 10.2. The molecule has 2 aromatic carbocycles. The van der Waals surface area contributed by atoms with E-state index >= 15 is 0 Å². The molecular weight excluding hydrogens is 309 g/mol. The van der Waals surface area contributed by atoms with Gasteiger partial charge in [0.2, 0.25) is 11.8 Å². The number of anilines is 2. The first kappa shape index (κ1) is 17.2. The molecule has 0 bridgehead atoms. The molecule has 0 radical (unpaired) electrons. The van der Waals surface area contributed by atoms with E-state index in [1.807, 2.05) is 6.07 Å². The van der Waals surface area contributed by atoms with Crippen molar-refractivity contribution in [3.63, 3.8) is 0 Å². The second kappa shape index (κ2) is 7.88. The Morgan fingerprint density at radius 2 is 1.92 bits per heavy atom. The maximum Gasteiger partial charge on any atom is 0.226 e. The molecule has 0 atom stereocenters. The second-order valence-electron chi connectivity index (χ2n) is 5.14. The van der Waals surface area contributed by atoms with Crippen LogP contribution in [0.2, 0.25) is 0 Å². The van der Waals surface area contributed by atoms with Crippen molar-refractivity contribution in [3.05, 3.63) is 59.9 Å². The van der Waals surface area contributed by atoms with Gasteiger partial charge in [0.15, 0.2) is 0 Å². The normalized spacial score (nSPS) is 9.88. The zero-order valence-electron chi connectivity index (χ0n) is 13.1. The highest BCUT2D eigenvalue weighted by Crippen LogP contribution is 2.17. The molecule has 2 amide bonds. The summed E-state index contributed by atoms with van der Waals surface area (Å²) in [4.78, 5) is 25.2. The number of nitrogens with zero attached hydrogens (tertiary/aromatic N) is 2. The van der Waals surface area contributed by atoms with Crippen LogP contribution in [-0.2, 0) is 9.59 Å². The summed E-state index contributed by atoms with van der Waals surface area (Å²) in [6, 6.07) is 14.1. The Kier molecular flexibility index (Phi) is 5.63. The van der Waals surface area contributed by atoms with Crippen LogP contribution in [0.5, 0.6) is 0 Å². The average Bonchev–Trinajstić information content (AvgIpc) is 2.57. The van der Waals surface area contributed by atoms with Crippen LogP contribution in [0.4, 0.5) is 15.8 Å². The standard InChI is InChI=1S/C18H16FN3O2/c1-13(23)22(17-4-2-3-14(11-17)12-20)10-9-18(24)21-16-7-5-15(19)6-8-16/h2-8,11H,9-10H2,1H3,(H,21,24). The van der Waals surface area contributed by atoms with E-state index in [1.54, 1.807) is 24.3 Å². The summed E-state index contributed by atoms with van der Waals surface area (Å²) >= 11 is 0. The van der Waals surface area contributed by atoms with Crippen molar-refractivity contribution in [1.82, 2.24) is 0 Å². The molecule has 6 heteroatoms. The van der Waals surface area contributed by atoms with E-state index < -0.39 is 0 Å². The van der Waals surface area contributed by atoms with Crippen molar-refractivity contribution >= 4 is 23.2 Å². The summed E-state index contributed by atoms with van der Waals surface area (Å²) in [5.74, 6) is -0.892. The lowest BCUT2D eigenvalue weighted by Gasteiger charge is -2.21. The highest BCUT2D eigenvalue weighted by atomic mass is 19.1. The topological polar surface area (TPSA) is 73.2 Å². The summed E-state index contributed by atoms with van der Waals surface area (Å²) in [6.45, 7) is 1.58. The molecule has 0 saturated heterocycles. The largest absolute Gasteiger partial charge is 0.326 e. The van der Waals surface area contributed by atoms with Crippen LogP contribution < -0.4 is 10.2 Å². The van der Waals surface area contributed by atoms with Gasteiger partial charge in [0.25, 0.3) is 0 Å². The molecule has 0 spiro atoms. The number of hydrogen-bond acceptors (Lipinski definition) is 3. The molecule has 0 fully saturated rings. The van der Waals surface area contributed by atoms with Crippen LogP contribution >= 0.6 is 0 Å². The third-order valence-corrected chi connectivity index (χ3v) is 3.36. The monoisotopic (exact) mass is 325 g/mol. The fourth-order valence-electron chi connectivity index (χ4n) is 2.18. The van der Waals surface area contributed by atoms with Crippen LogP contribution in [0.3, 0.4) is 0 Å². The number of hydrogen-bond donors (Lipinski definition) is 1. The first-order valence-corrected chi connectivity index (χ1v) is 7.33. The molecule has 1 N–H and O–H groups in total. The Bertz CT molecular complexity index is 782. The third-order valence-electron chi connectivity index (χ3n) is 3.36. The Hall–Kier alpha value is -3.20. The lowest BCUT2D eigenvalue weighted by Crippen LogP contribution is -2.32. The lowest BCUT2D eigenvalue weighted by molar-refractivity contribution is -0.117. The van der Waals surface area contributed by atoms with E-state index in [1.165, 1.54) is 36.1 Å². The quantitative estimate of drug-likeness (QED) is 0.918. The first-order chi connectivity index (χ1) is 11.5. The van der Waals surface area contributed by atoms with Crippen LogP contribution in [0, 0.1) is 17.1 Å². The fourth-order valence-corrected chi connectivity index (χ4v) is 2.18. The maximum absolute atomic E-state index is 12.8. The van der Waals surface area contributed by atoms with E-state index in [2.05, 4.69) is 5.32 Å². The van der Waals surface area contributed by atoms with Gasteiger partial charge in [-0.05, 0) is 42.5 Å². The van der Waals surface area contributed by atoms with E-state index in [0.29, 0.717) is 16.9 Å². The minimum Gasteiger partial charge on any atom is -0.326 e. The Morgan fingerprint density at radius 3 is 2.54 bits per heavy atom. The van der Waals surface area contributed by atoms with Crippen LogP contribution in [0.1, 0.15) is 18.9 Å². The average molecular weight is 325 g/mol. The third kappa shape index (κ3) is 4.65. The molecule has 24 heavy (non-hydrogen) atoms. The minimum absolute atomic E-state index is 0.0771. The molecule has 0 heterocycles. The molecule has 0 unspecified atom stereocenters. The van der Waals surface area contributed by atoms with Gasteiger partial charge >= 0.3 is 0 Å². The van der Waals surface area contributed by atoms with Crippen LogP contribution in [-0.4, -0.2) is 18.4 Å². The molecular formula is C18H16FN3O2. The van der Waals surface area contributed by atoms with Crippen molar-refractivity contribution in [2.45, 2.75) is 13.3 Å². The molecule has 0 aromatic heterocycles. The number of nitriles is 1. The highest BCUT2D eigenvalue weighted by molar-refractivity contribution is 5.94. The van der Waals surface area contributed by atoms with Crippen molar-refractivity contribution in [2.24, 2.45) is 0 Å². The smallest absolute Gasteiger partial charge is 0.226 e. The molecule has 0 saturated carbocycles. The van der Waals surface area contributed by atoms with Gasteiger partial charge in [-0.15, -0.1) is 0 Å². The number of nitrogens with one attached hydrogen (secondary N) is 1. The maximum atomic E-state index is 12.8. The predicted molar refractivity (Wildman–Crippen MR) is 88.8 cm³/mol. The molecule has 0 aliphatic rings. The first-order valence-electron chi connectivity index (χ1n) is 7.33. The van der Waals surface area contributed by atoms with Gasteiger partial charge in [0, 0.05) is 31.3 Å². The van der Waals surface area contributed by atoms with E-state index in [4.69, 9.17) is 5.26 Å². The Morgan fingerprint density at radius 1 is 1.21 bits per heavy atom. The summed E-state index contributed by atoms with van der Waals surface area (Å²) < 4.78 is 12.8. The van der Waals surface area contributed by atoms with Crippen molar-refractivity contribution < 1.29 is 14.0 Å². The SMILES string of the molecule is CC(=O)N(CCC(=O)Nc1ccc(F)cc1)c1cccc(C#N)c1. The fraction of sp³-hybridized carbons (Fsp3) is 0.167. The summed E-state index contributed by atoms with van der Waals surface area (Å²) in [6.07, 6.45) is 0.0771. The van der Waals surface area contributed by atoms with Gasteiger partial charge < -0.3 is 10.2 Å². The summed E-state index contributed by atoms with van der Waals surface area (Å²) in [5, 5.41) is 11.6. The van der Waals surface area contributed by atoms with Crippen molar-refractivity contribution in [2.75, 3.05) is 16.8 Å². The van der Waals surface area contributed by atoms with Crippen molar-refractivity contribution in [3.8, 4) is 6.07 Å². The molecule has 0 aliphatic heterocycles. The summed E-state index contributed by atoms with van der Waals surface area (Å²) in [7, 11) is 0. The van der Waals surface area contributed by atoms with Crippen LogP contribution in [0.25, 0.3) is 0 Å². The highest BCUT2D eigenvalue weighted by Gasteiger charge is 2.14. The van der Waals surface area contributed by atoms with E-state index in [0.717, 1.165) is 0 Å². The zero-order chi connectivity index (χ0) is 17.5. The van der Waals surface area contributed by atoms with Gasteiger partial charge in [-0.2, -0.15) is 5.26 Å². The molecule has 0 aliphatic carbocycles. The minimum atomic E-state index is -0.381. The van der Waals surface area contributed by atoms with Gasteiger partial charge in [-0.25, -0.2) is 4.39 Å². The van der Waals surface area contributed by atoms with Gasteiger partial charge in [-0.1, -0.05) is 6.07 Å². The number of carbonyl (C=O) groups excluding carboxylic acids is 2. The van der Waals surface area contributed by atoms with E-state index in [9.17, 15) is 14.0 Å². The van der Waals surface area contributed by atoms with Gasteiger partial charge in [0.05, 0.1) is 11.6 Å². The molecule has 2 rings (SSSR count). The van der Waals surface area contributed by atoms with Crippen molar-refractivity contribution in [1.29, 1.82) is 5.26 Å².